The number of rotatable bonds is 6. The van der Waals surface area contributed by atoms with Crippen LogP contribution in [0, 0.1) is 5.92 Å². The minimum absolute atomic E-state index is 0.245. The smallest absolute Gasteiger partial charge is 0.335 e. The van der Waals surface area contributed by atoms with Gasteiger partial charge >= 0.3 is 5.97 Å². The lowest BCUT2D eigenvalue weighted by molar-refractivity contribution is 0.0697. The number of benzene rings is 1. The molecule has 20 heavy (non-hydrogen) atoms. The van der Waals surface area contributed by atoms with Crippen molar-refractivity contribution in [2.24, 2.45) is 5.92 Å². The van der Waals surface area contributed by atoms with Crippen LogP contribution in [0.2, 0.25) is 12.1 Å². The molecular weight excluding hydrogens is 264 g/mol. The molecule has 0 aromatic heterocycles. The summed E-state index contributed by atoms with van der Waals surface area (Å²) >= 11 is 0. The highest BCUT2D eigenvalue weighted by Gasteiger charge is 2.22. The molecule has 0 bridgehead atoms. The highest BCUT2D eigenvalue weighted by atomic mass is 28.2. The Kier molecular flexibility index (Phi) is 5.83. The van der Waals surface area contributed by atoms with Gasteiger partial charge in [-0.3, -0.25) is 0 Å². The van der Waals surface area contributed by atoms with Gasteiger partial charge in [0.1, 0.15) is 0 Å². The second-order valence-electron chi connectivity index (χ2n) is 6.14. The summed E-state index contributed by atoms with van der Waals surface area (Å²) in [5.74, 6) is 0.779. The van der Waals surface area contributed by atoms with E-state index in [1.165, 1.54) is 49.8 Å². The Morgan fingerprint density at radius 3 is 2.40 bits per heavy atom. The topological polar surface area (TPSA) is 37.3 Å². The quantitative estimate of drug-likeness (QED) is 0.633. The average Bonchev–Trinajstić information content (AvgIpc) is 2.48. The van der Waals surface area contributed by atoms with E-state index in [9.17, 15) is 4.79 Å². The van der Waals surface area contributed by atoms with Gasteiger partial charge in [0.2, 0.25) is 0 Å². The first-order valence-electron chi connectivity index (χ1n) is 8.04. The highest BCUT2D eigenvalue weighted by molar-refractivity contribution is 6.35. The summed E-state index contributed by atoms with van der Waals surface area (Å²) in [6, 6.07) is 10.5. The molecule has 1 saturated carbocycles. The molecule has 0 saturated heterocycles. The van der Waals surface area contributed by atoms with Gasteiger partial charge < -0.3 is 5.11 Å². The van der Waals surface area contributed by atoms with Crippen molar-refractivity contribution in [3.8, 4) is 0 Å². The fourth-order valence-corrected chi connectivity index (χ4v) is 4.73. The van der Waals surface area contributed by atoms with Crippen LogP contribution in [0.5, 0.6) is 0 Å². The number of hydrogen-bond acceptors (Lipinski definition) is 1. The van der Waals surface area contributed by atoms with Crippen LogP contribution in [-0.2, 0) is 0 Å². The third-order valence-electron chi connectivity index (χ3n) is 4.69. The van der Waals surface area contributed by atoms with Crippen molar-refractivity contribution in [1.29, 1.82) is 0 Å². The third-order valence-corrected chi connectivity index (χ3v) is 6.31. The molecule has 0 spiro atoms. The van der Waals surface area contributed by atoms with E-state index >= 15 is 0 Å². The summed E-state index contributed by atoms with van der Waals surface area (Å²) in [5, 5.41) is 8.93. The van der Waals surface area contributed by atoms with Crippen molar-refractivity contribution < 1.29 is 9.90 Å². The standard InChI is InChI=1S/C17H26O2Si/c1-2-20-12-11-13-3-5-14(6-4-13)15-7-9-16(10-8-15)17(18)19/h7-10,13-14H,2-6,11-12,20H2,1H3,(H,18,19). The van der Waals surface area contributed by atoms with Crippen molar-refractivity contribution in [3.63, 3.8) is 0 Å². The van der Waals surface area contributed by atoms with E-state index in [1.807, 2.05) is 12.1 Å². The Bertz CT molecular complexity index is 419. The molecule has 0 amide bonds. The van der Waals surface area contributed by atoms with Crippen molar-refractivity contribution in [2.75, 3.05) is 0 Å². The third kappa shape index (κ3) is 4.20. The highest BCUT2D eigenvalue weighted by Crippen LogP contribution is 2.37. The van der Waals surface area contributed by atoms with Crippen molar-refractivity contribution in [3.05, 3.63) is 35.4 Å². The van der Waals surface area contributed by atoms with Crippen LogP contribution in [0.1, 0.15) is 60.9 Å². The van der Waals surface area contributed by atoms with Crippen LogP contribution in [0.3, 0.4) is 0 Å². The molecule has 1 aromatic rings. The maximum Gasteiger partial charge on any atom is 0.335 e. The Morgan fingerprint density at radius 1 is 1.20 bits per heavy atom. The van der Waals surface area contributed by atoms with Gasteiger partial charge in [0.05, 0.1) is 5.56 Å². The normalized spacial score (nSPS) is 23.2. The molecule has 0 radical (unpaired) electrons. The van der Waals surface area contributed by atoms with Crippen molar-refractivity contribution >= 4 is 15.5 Å². The van der Waals surface area contributed by atoms with Gasteiger partial charge in [0, 0.05) is 9.52 Å². The van der Waals surface area contributed by atoms with Gasteiger partial charge in [-0.05, 0) is 55.2 Å². The maximum atomic E-state index is 10.9. The summed E-state index contributed by atoms with van der Waals surface area (Å²) in [6.07, 6.45) is 6.76. The Balaban J connectivity index is 1.82. The van der Waals surface area contributed by atoms with Crippen LogP contribution in [0.25, 0.3) is 0 Å². The number of carbonyl (C=O) groups is 1. The molecule has 1 aromatic carbocycles. The van der Waals surface area contributed by atoms with E-state index in [-0.39, 0.29) is 9.52 Å². The number of hydrogen-bond donors (Lipinski definition) is 1. The summed E-state index contributed by atoms with van der Waals surface area (Å²) in [5.41, 5.74) is 1.73. The number of carboxylic acid groups (broad SMARTS) is 1. The van der Waals surface area contributed by atoms with Crippen LogP contribution in [0.15, 0.2) is 24.3 Å². The first kappa shape index (κ1) is 15.3. The Labute approximate surface area is 124 Å². The summed E-state index contributed by atoms with van der Waals surface area (Å²) in [6.45, 7) is 2.32. The lowest BCUT2D eigenvalue weighted by atomic mass is 9.78. The second kappa shape index (κ2) is 7.63. The second-order valence-corrected chi connectivity index (χ2v) is 8.55. The van der Waals surface area contributed by atoms with E-state index in [2.05, 4.69) is 6.92 Å². The average molecular weight is 290 g/mol. The zero-order valence-corrected chi connectivity index (χ0v) is 13.9. The minimum Gasteiger partial charge on any atom is -0.478 e. The molecule has 0 heterocycles. The molecule has 2 nitrogen and oxygen atoms in total. The first-order chi connectivity index (χ1) is 9.70. The number of aromatic carboxylic acids is 1. The molecule has 1 aliphatic rings. The first-order valence-corrected chi connectivity index (χ1v) is 10.0. The van der Waals surface area contributed by atoms with Crippen LogP contribution in [-0.4, -0.2) is 20.6 Å². The van der Waals surface area contributed by atoms with Crippen LogP contribution in [0.4, 0.5) is 0 Å². The monoisotopic (exact) mass is 290 g/mol. The van der Waals surface area contributed by atoms with E-state index in [0.717, 1.165) is 5.92 Å². The van der Waals surface area contributed by atoms with Crippen LogP contribution < -0.4 is 0 Å². The maximum absolute atomic E-state index is 10.9. The lowest BCUT2D eigenvalue weighted by Crippen LogP contribution is -2.14. The zero-order valence-electron chi connectivity index (χ0n) is 12.5. The van der Waals surface area contributed by atoms with Crippen LogP contribution >= 0.6 is 0 Å². The summed E-state index contributed by atoms with van der Waals surface area (Å²) in [7, 11) is 0.245. The summed E-state index contributed by atoms with van der Waals surface area (Å²) in [4.78, 5) is 10.9. The molecule has 3 heteroatoms. The Morgan fingerprint density at radius 2 is 1.85 bits per heavy atom. The SMILES string of the molecule is CC[SiH2]CCC1CCC(c2ccc(C(=O)O)cc2)CC1. The minimum atomic E-state index is -0.833. The van der Waals surface area contributed by atoms with Crippen molar-refractivity contribution in [1.82, 2.24) is 0 Å². The van der Waals surface area contributed by atoms with Gasteiger partial charge in [-0.25, -0.2) is 4.79 Å². The molecule has 0 aliphatic heterocycles. The molecule has 110 valence electrons. The molecule has 0 unspecified atom stereocenters. The molecule has 1 fully saturated rings. The van der Waals surface area contributed by atoms with E-state index in [1.54, 1.807) is 12.1 Å². The Hall–Kier alpha value is -1.09. The van der Waals surface area contributed by atoms with E-state index < -0.39 is 5.97 Å². The van der Waals surface area contributed by atoms with Gasteiger partial charge in [0.15, 0.2) is 0 Å². The van der Waals surface area contributed by atoms with Gasteiger partial charge in [-0.2, -0.15) is 0 Å². The summed E-state index contributed by atoms with van der Waals surface area (Å²) < 4.78 is 0. The zero-order chi connectivity index (χ0) is 14.4. The van der Waals surface area contributed by atoms with E-state index in [0.29, 0.717) is 11.5 Å². The van der Waals surface area contributed by atoms with Gasteiger partial charge in [0.25, 0.3) is 0 Å². The largest absolute Gasteiger partial charge is 0.478 e. The van der Waals surface area contributed by atoms with Gasteiger partial charge in [-0.15, -0.1) is 0 Å². The predicted molar refractivity (Wildman–Crippen MR) is 86.5 cm³/mol. The molecular formula is C17H26O2Si. The van der Waals surface area contributed by atoms with E-state index in [4.69, 9.17) is 5.11 Å². The molecule has 1 N–H and O–H groups in total. The molecule has 2 rings (SSSR count). The fourth-order valence-electron chi connectivity index (χ4n) is 3.37. The van der Waals surface area contributed by atoms with Crippen molar-refractivity contribution in [2.45, 2.75) is 57.0 Å². The predicted octanol–water partition coefficient (Wildman–Crippen LogP) is 4.07. The molecule has 1 aliphatic carbocycles. The fraction of sp³-hybridized carbons (Fsp3) is 0.588. The molecule has 0 atom stereocenters. The van der Waals surface area contributed by atoms with Gasteiger partial charge in [-0.1, -0.05) is 37.6 Å². The lowest BCUT2D eigenvalue weighted by Gasteiger charge is -2.29. The number of carboxylic acids is 1.